The van der Waals surface area contributed by atoms with Crippen molar-refractivity contribution in [3.63, 3.8) is 0 Å². The summed E-state index contributed by atoms with van der Waals surface area (Å²) in [6, 6.07) is -0.983. The van der Waals surface area contributed by atoms with Crippen LogP contribution in [0.2, 0.25) is 0 Å². The number of hydrogen-bond acceptors (Lipinski definition) is 9. The third-order valence-corrected chi connectivity index (χ3v) is 10.6. The smallest absolute Gasteiger partial charge is 0.220 e. The maximum atomic E-state index is 12.9. The fourth-order valence-corrected chi connectivity index (χ4v) is 7.02. The molecule has 8 unspecified atom stereocenters. The average molecular weight is 732 g/mol. The number of nitrogens with one attached hydrogen (secondary N) is 1. The number of rotatable bonds is 35. The molecule has 7 N–H and O–H groups in total. The highest BCUT2D eigenvalue weighted by molar-refractivity contribution is 5.76. The first-order valence-electron chi connectivity index (χ1n) is 21.3. The minimum absolute atomic E-state index is 0.257. The van der Waals surface area contributed by atoms with E-state index in [0.29, 0.717) is 6.42 Å². The van der Waals surface area contributed by atoms with Crippen molar-refractivity contribution in [3.05, 3.63) is 0 Å². The highest BCUT2D eigenvalue weighted by Gasteiger charge is 2.44. The molecule has 304 valence electrons. The number of amides is 1. The predicted octanol–water partition coefficient (Wildman–Crippen LogP) is 6.97. The average Bonchev–Trinajstić information content (AvgIpc) is 3.13. The Balaban J connectivity index is 2.44. The van der Waals surface area contributed by atoms with Crippen molar-refractivity contribution >= 4 is 5.91 Å². The first kappa shape index (κ1) is 48.2. The van der Waals surface area contributed by atoms with Crippen molar-refractivity contribution in [2.24, 2.45) is 0 Å². The van der Waals surface area contributed by atoms with E-state index in [1.54, 1.807) is 0 Å². The summed E-state index contributed by atoms with van der Waals surface area (Å²) >= 11 is 0. The van der Waals surface area contributed by atoms with Crippen LogP contribution in [0.4, 0.5) is 0 Å². The predicted molar refractivity (Wildman–Crippen MR) is 204 cm³/mol. The fraction of sp³-hybridized carbons (Fsp3) is 0.976. The molecule has 1 saturated heterocycles. The Hall–Kier alpha value is -0.850. The maximum absolute atomic E-state index is 12.9. The molecule has 0 aromatic rings. The summed E-state index contributed by atoms with van der Waals surface area (Å²) in [4.78, 5) is 12.9. The molecule has 1 aliphatic heterocycles. The first-order valence-corrected chi connectivity index (χ1v) is 21.3. The van der Waals surface area contributed by atoms with Gasteiger partial charge in [0.15, 0.2) is 6.29 Å². The Morgan fingerprint density at radius 1 is 0.608 bits per heavy atom. The lowest BCUT2D eigenvalue weighted by molar-refractivity contribution is -0.303. The quantitative estimate of drug-likeness (QED) is 0.0341. The number of hydrogen-bond donors (Lipinski definition) is 7. The van der Waals surface area contributed by atoms with Crippen LogP contribution in [0.1, 0.15) is 194 Å². The molecule has 10 nitrogen and oxygen atoms in total. The van der Waals surface area contributed by atoms with Crippen molar-refractivity contribution in [3.8, 4) is 0 Å². The standard InChI is InChI=1S/C41H81NO9/c1-3-5-7-9-11-13-15-17-18-20-22-24-26-28-30-36(45)42-33(32-50-41-40(49)39(48)38(47)35(31-43)51-41)37(46)34(44)29-27-25-23-21-19-16-14-12-10-8-6-4-2/h33-35,37-41,43-44,46-49H,3-32H2,1-2H3,(H,42,45). The van der Waals surface area contributed by atoms with E-state index in [-0.39, 0.29) is 18.9 Å². The van der Waals surface area contributed by atoms with Crippen LogP contribution in [-0.4, -0.2) is 98.7 Å². The molecule has 0 bridgehead atoms. The normalized spacial score (nSPS) is 22.5. The molecule has 1 aliphatic rings. The zero-order chi connectivity index (χ0) is 37.5. The van der Waals surface area contributed by atoms with Crippen LogP contribution in [0, 0.1) is 0 Å². The van der Waals surface area contributed by atoms with Crippen LogP contribution in [0.15, 0.2) is 0 Å². The van der Waals surface area contributed by atoms with E-state index in [0.717, 1.165) is 44.9 Å². The second-order valence-corrected chi connectivity index (χ2v) is 15.3. The van der Waals surface area contributed by atoms with Crippen molar-refractivity contribution < 1.29 is 44.9 Å². The Morgan fingerprint density at radius 3 is 1.45 bits per heavy atom. The third-order valence-electron chi connectivity index (χ3n) is 10.6. The van der Waals surface area contributed by atoms with Crippen molar-refractivity contribution in [1.29, 1.82) is 0 Å². The van der Waals surface area contributed by atoms with Gasteiger partial charge in [-0.2, -0.15) is 0 Å². The molecule has 0 aliphatic carbocycles. The number of aliphatic hydroxyl groups is 6. The number of ether oxygens (including phenoxy) is 2. The maximum Gasteiger partial charge on any atom is 0.220 e. The molecule has 1 amide bonds. The Labute approximate surface area is 311 Å². The van der Waals surface area contributed by atoms with Crippen LogP contribution in [0.25, 0.3) is 0 Å². The summed E-state index contributed by atoms with van der Waals surface area (Å²) in [5.74, 6) is -0.257. The molecule has 0 saturated carbocycles. The summed E-state index contributed by atoms with van der Waals surface area (Å²) in [5, 5.41) is 64.9. The SMILES string of the molecule is CCCCCCCCCCCCCCCCC(=O)NC(COC1OC(CO)C(O)C(O)C1O)C(O)C(O)CCCCCCCCCCCCCC. The van der Waals surface area contributed by atoms with Gasteiger partial charge in [0, 0.05) is 6.42 Å². The van der Waals surface area contributed by atoms with Crippen LogP contribution >= 0.6 is 0 Å². The molecular formula is C41H81NO9. The number of aliphatic hydroxyl groups excluding tert-OH is 6. The van der Waals surface area contributed by atoms with E-state index in [9.17, 15) is 35.4 Å². The van der Waals surface area contributed by atoms with E-state index in [4.69, 9.17) is 9.47 Å². The molecule has 51 heavy (non-hydrogen) atoms. The van der Waals surface area contributed by atoms with Crippen molar-refractivity contribution in [2.75, 3.05) is 13.2 Å². The first-order chi connectivity index (χ1) is 24.8. The Kier molecular flexibility index (Phi) is 30.8. The van der Waals surface area contributed by atoms with E-state index < -0.39 is 55.6 Å². The molecule has 1 fully saturated rings. The number of carbonyl (C=O) groups is 1. The zero-order valence-corrected chi connectivity index (χ0v) is 32.7. The molecule has 0 radical (unpaired) electrons. The summed E-state index contributed by atoms with van der Waals surface area (Å²) in [7, 11) is 0. The minimum Gasteiger partial charge on any atom is -0.394 e. The van der Waals surface area contributed by atoms with Gasteiger partial charge in [-0.05, 0) is 12.8 Å². The van der Waals surface area contributed by atoms with E-state index in [1.165, 1.54) is 122 Å². The van der Waals surface area contributed by atoms with Gasteiger partial charge in [-0.3, -0.25) is 4.79 Å². The molecule has 0 aromatic carbocycles. The van der Waals surface area contributed by atoms with Gasteiger partial charge in [-0.1, -0.05) is 174 Å². The molecule has 10 heteroatoms. The lowest BCUT2D eigenvalue weighted by Gasteiger charge is -2.40. The van der Waals surface area contributed by atoms with Gasteiger partial charge in [-0.25, -0.2) is 0 Å². The summed E-state index contributed by atoms with van der Waals surface area (Å²) in [5.41, 5.74) is 0. The largest absolute Gasteiger partial charge is 0.394 e. The monoisotopic (exact) mass is 732 g/mol. The Morgan fingerprint density at radius 2 is 1.02 bits per heavy atom. The zero-order valence-electron chi connectivity index (χ0n) is 32.7. The number of unbranched alkanes of at least 4 members (excludes halogenated alkanes) is 24. The third kappa shape index (κ3) is 23.5. The molecule has 0 aromatic heterocycles. The highest BCUT2D eigenvalue weighted by atomic mass is 16.7. The van der Waals surface area contributed by atoms with E-state index in [1.807, 2.05) is 0 Å². The lowest BCUT2D eigenvalue weighted by atomic mass is 9.98. The number of carbonyl (C=O) groups excluding carboxylic acids is 1. The molecule has 1 heterocycles. The second-order valence-electron chi connectivity index (χ2n) is 15.3. The topological polar surface area (TPSA) is 169 Å². The molecule has 0 spiro atoms. The molecular weight excluding hydrogens is 650 g/mol. The summed E-state index contributed by atoms with van der Waals surface area (Å²) in [6.45, 7) is 3.59. The highest BCUT2D eigenvalue weighted by Crippen LogP contribution is 2.23. The van der Waals surface area contributed by atoms with Gasteiger partial charge < -0.3 is 45.4 Å². The van der Waals surface area contributed by atoms with E-state index in [2.05, 4.69) is 19.2 Å². The van der Waals surface area contributed by atoms with Crippen LogP contribution < -0.4 is 5.32 Å². The van der Waals surface area contributed by atoms with Gasteiger partial charge in [0.25, 0.3) is 0 Å². The lowest BCUT2D eigenvalue weighted by Crippen LogP contribution is -2.60. The van der Waals surface area contributed by atoms with Crippen LogP contribution in [-0.2, 0) is 14.3 Å². The van der Waals surface area contributed by atoms with Gasteiger partial charge in [0.05, 0.1) is 25.4 Å². The summed E-state index contributed by atoms with van der Waals surface area (Å²) < 4.78 is 11.1. The minimum atomic E-state index is -1.60. The van der Waals surface area contributed by atoms with Gasteiger partial charge in [-0.15, -0.1) is 0 Å². The molecule has 1 rings (SSSR count). The van der Waals surface area contributed by atoms with Gasteiger partial charge >= 0.3 is 0 Å². The van der Waals surface area contributed by atoms with Crippen molar-refractivity contribution in [2.45, 2.75) is 243 Å². The van der Waals surface area contributed by atoms with Gasteiger partial charge in [0.2, 0.25) is 5.91 Å². The Bertz CT molecular complexity index is 788. The van der Waals surface area contributed by atoms with Crippen molar-refractivity contribution in [1.82, 2.24) is 5.32 Å². The second kappa shape index (κ2) is 32.6. The summed E-state index contributed by atoms with van der Waals surface area (Å²) in [6.07, 6.45) is 22.5. The fourth-order valence-electron chi connectivity index (χ4n) is 7.02. The van der Waals surface area contributed by atoms with Gasteiger partial charge in [0.1, 0.15) is 30.5 Å². The molecule has 8 atom stereocenters. The van der Waals surface area contributed by atoms with E-state index >= 15 is 0 Å². The van der Waals surface area contributed by atoms with Crippen LogP contribution in [0.3, 0.4) is 0 Å². The van der Waals surface area contributed by atoms with Crippen LogP contribution in [0.5, 0.6) is 0 Å².